The third-order valence-electron chi connectivity index (χ3n) is 6.13. The Morgan fingerprint density at radius 1 is 1.37 bits per heavy atom. The molecule has 10 nitrogen and oxygen atoms in total. The van der Waals surface area contributed by atoms with Gasteiger partial charge in [0.2, 0.25) is 0 Å². The predicted octanol–water partition coefficient (Wildman–Crippen LogP) is 3.16. The molecule has 2 aliphatic heterocycles. The van der Waals surface area contributed by atoms with Crippen molar-refractivity contribution in [1.82, 2.24) is 10.3 Å². The first-order valence-electron chi connectivity index (χ1n) is 11.8. The summed E-state index contributed by atoms with van der Waals surface area (Å²) in [5, 5.41) is 21.1. The first kappa shape index (κ1) is 27.1. The van der Waals surface area contributed by atoms with Crippen molar-refractivity contribution in [2.45, 2.75) is 31.7 Å². The van der Waals surface area contributed by atoms with Crippen LogP contribution < -0.4 is 15.1 Å². The van der Waals surface area contributed by atoms with Crippen molar-refractivity contribution in [2.24, 2.45) is 9.98 Å². The van der Waals surface area contributed by atoms with E-state index in [-0.39, 0.29) is 30.1 Å². The van der Waals surface area contributed by atoms with Gasteiger partial charge in [0.1, 0.15) is 18.5 Å². The van der Waals surface area contributed by atoms with Gasteiger partial charge >= 0.3 is 18.2 Å². The quantitative estimate of drug-likeness (QED) is 0.388. The van der Waals surface area contributed by atoms with Crippen LogP contribution in [0.25, 0.3) is 11.3 Å². The molecule has 2 aliphatic rings. The molecule has 3 heterocycles. The van der Waals surface area contributed by atoms with Crippen molar-refractivity contribution in [3.8, 4) is 11.3 Å². The van der Waals surface area contributed by atoms with Crippen LogP contribution in [-0.4, -0.2) is 72.4 Å². The summed E-state index contributed by atoms with van der Waals surface area (Å²) in [4.78, 5) is 29.4. The lowest BCUT2D eigenvalue weighted by molar-refractivity contribution is -0.137. The van der Waals surface area contributed by atoms with Crippen molar-refractivity contribution in [2.75, 3.05) is 36.1 Å². The van der Waals surface area contributed by atoms with Gasteiger partial charge in [-0.2, -0.15) is 18.2 Å². The molecule has 1 aromatic carbocycles. The summed E-state index contributed by atoms with van der Waals surface area (Å²) in [6.45, 7) is 5.48. The van der Waals surface area contributed by atoms with Gasteiger partial charge in [0.15, 0.2) is 5.82 Å². The van der Waals surface area contributed by atoms with Crippen LogP contribution in [0, 0.1) is 0 Å². The van der Waals surface area contributed by atoms with Crippen molar-refractivity contribution in [1.29, 1.82) is 0 Å². The van der Waals surface area contributed by atoms with Gasteiger partial charge in [-0.3, -0.25) is 10.2 Å². The zero-order chi connectivity index (χ0) is 27.4. The average Bonchev–Trinajstić information content (AvgIpc) is 3.33. The van der Waals surface area contributed by atoms with Crippen molar-refractivity contribution in [3.63, 3.8) is 0 Å². The number of hydrogen-bond donors (Lipinski definition) is 3. The van der Waals surface area contributed by atoms with Crippen LogP contribution >= 0.6 is 0 Å². The maximum absolute atomic E-state index is 13.5. The fraction of sp³-hybridized carbons (Fsp3) is 0.360. The molecule has 202 valence electrons. The Labute approximate surface area is 216 Å². The topological polar surface area (TPSA) is 123 Å². The van der Waals surface area contributed by atoms with E-state index in [0.717, 1.165) is 12.1 Å². The Balaban J connectivity index is 1.62. The zero-order valence-corrected chi connectivity index (χ0v) is 20.5. The third-order valence-corrected chi connectivity index (χ3v) is 6.13. The van der Waals surface area contributed by atoms with Crippen LogP contribution in [0.3, 0.4) is 0 Å². The van der Waals surface area contributed by atoms with Gasteiger partial charge in [0.25, 0.3) is 0 Å². The number of carbonyl (C=O) groups is 1. The number of fused-ring (bicyclic) bond motifs is 4. The number of nitrogens with zero attached hydrogens (tertiary/aromatic N) is 5. The normalized spacial score (nSPS) is 18.2. The fourth-order valence-corrected chi connectivity index (χ4v) is 4.26. The van der Waals surface area contributed by atoms with Crippen molar-refractivity contribution >= 4 is 30.3 Å². The molecule has 0 saturated carbocycles. The Bertz CT molecular complexity index is 1270. The van der Waals surface area contributed by atoms with Crippen LogP contribution in [0.2, 0.25) is 0 Å². The number of nitrogens with one attached hydrogen (secondary N) is 1. The largest absolute Gasteiger partial charge is 0.461 e. The number of pyridine rings is 1. The van der Waals surface area contributed by atoms with E-state index in [1.165, 1.54) is 23.1 Å². The third kappa shape index (κ3) is 5.78. The molecule has 3 N–H and O–H groups in total. The van der Waals surface area contributed by atoms with E-state index in [1.807, 2.05) is 0 Å². The van der Waals surface area contributed by atoms with Gasteiger partial charge in [0.05, 0.1) is 29.6 Å². The molecule has 13 heteroatoms. The number of aromatic nitrogens is 1. The summed E-state index contributed by atoms with van der Waals surface area (Å²) in [5.41, 5.74) is 0.487. The Hall–Kier alpha value is -3.97. The van der Waals surface area contributed by atoms with Gasteiger partial charge in [-0.1, -0.05) is 12.1 Å². The lowest BCUT2D eigenvalue weighted by Crippen LogP contribution is -2.50. The average molecular weight is 533 g/mol. The van der Waals surface area contributed by atoms with E-state index in [4.69, 9.17) is 9.84 Å². The zero-order valence-electron chi connectivity index (χ0n) is 20.5. The number of aliphatic imine (C=N–C) groups is 2. The molecular weight excluding hydrogens is 505 g/mol. The monoisotopic (exact) mass is 532 g/mol. The van der Waals surface area contributed by atoms with Crippen LogP contribution in [0.4, 0.5) is 29.5 Å². The molecule has 1 fully saturated rings. The number of anilines is 2. The van der Waals surface area contributed by atoms with Gasteiger partial charge in [-0.15, -0.1) is 0 Å². The number of halogens is 3. The minimum Gasteiger partial charge on any atom is -0.461 e. The number of rotatable bonds is 6. The highest BCUT2D eigenvalue weighted by Crippen LogP contribution is 2.40. The molecular formula is C25H27F3N6O4. The second-order valence-electron chi connectivity index (χ2n) is 8.68. The fourth-order valence-electron chi connectivity index (χ4n) is 4.26. The maximum atomic E-state index is 13.5. The number of alkyl halides is 3. The maximum Gasteiger partial charge on any atom is 0.416 e. The van der Waals surface area contributed by atoms with E-state index in [0.29, 0.717) is 36.7 Å². The van der Waals surface area contributed by atoms with Gasteiger partial charge < -0.3 is 19.8 Å². The Morgan fingerprint density at radius 2 is 2.16 bits per heavy atom. The van der Waals surface area contributed by atoms with Crippen LogP contribution in [-0.2, 0) is 10.9 Å². The molecule has 0 radical (unpaired) electrons. The number of carbonyl (C=O) groups excluding carboxylic acids is 1. The molecule has 1 saturated heterocycles. The lowest BCUT2D eigenvalue weighted by atomic mass is 10.1. The first-order chi connectivity index (χ1) is 18.1. The van der Waals surface area contributed by atoms with Gasteiger partial charge in [-0.25, -0.2) is 14.8 Å². The Morgan fingerprint density at radius 3 is 2.84 bits per heavy atom. The molecule has 2 aromatic rings. The highest BCUT2D eigenvalue weighted by atomic mass is 19.4. The molecule has 2 amide bonds. The molecule has 0 spiro atoms. The standard InChI is InChI=1S/C25H27F3N6O4/c1-3-21(31-23(29-2)38-14-18(36)13-35)32-24(37)34-17-9-10-33(12-17)20-8-7-19(30-22(20)34)15-5-4-6-16(11-15)25(26,27)28/h3-8,11,17-18,35-36H,2,9-10,12-14H2,1H3,(H,32,37)/b21-3+,31-23?/t17-,18+/m0/s1. The molecule has 2 atom stereocenters. The predicted molar refractivity (Wildman–Crippen MR) is 136 cm³/mol. The Kier molecular flexibility index (Phi) is 7.97. The molecule has 2 bridgehead atoms. The molecule has 0 aliphatic carbocycles. The SMILES string of the molecule is C=NC(=N/C(=C\C)NC(=O)N1c2nc(-c3cccc(C(F)(F)F)c3)ccc2N2CC[C@H]1C2)OC[C@H](O)CO. The van der Waals surface area contributed by atoms with E-state index in [9.17, 15) is 23.1 Å². The number of hydrogen-bond acceptors (Lipinski definition) is 7. The molecule has 38 heavy (non-hydrogen) atoms. The second-order valence-corrected chi connectivity index (χ2v) is 8.68. The lowest BCUT2D eigenvalue weighted by Gasteiger charge is -2.36. The minimum absolute atomic E-state index is 0.0897. The number of ether oxygens (including phenoxy) is 1. The number of amides is 2. The minimum atomic E-state index is -4.50. The molecule has 1 aromatic heterocycles. The number of amidine groups is 1. The van der Waals surface area contributed by atoms with Gasteiger partial charge in [-0.05, 0) is 50.4 Å². The summed E-state index contributed by atoms with van der Waals surface area (Å²) in [5.74, 6) is 0.418. The van der Waals surface area contributed by atoms with E-state index >= 15 is 0 Å². The number of benzene rings is 1. The number of aliphatic hydroxyl groups excluding tert-OH is 2. The van der Waals surface area contributed by atoms with Gasteiger partial charge in [0, 0.05) is 18.7 Å². The summed E-state index contributed by atoms with van der Waals surface area (Å²) in [6.07, 6.45) is -3.45. The van der Waals surface area contributed by atoms with Crippen LogP contribution in [0.1, 0.15) is 18.9 Å². The van der Waals surface area contributed by atoms with Crippen LogP contribution in [0.15, 0.2) is 58.3 Å². The summed E-state index contributed by atoms with van der Waals surface area (Å²) in [7, 11) is 0. The van der Waals surface area contributed by atoms with E-state index in [1.54, 1.807) is 19.1 Å². The van der Waals surface area contributed by atoms with E-state index in [2.05, 4.69) is 31.9 Å². The number of urea groups is 1. The van der Waals surface area contributed by atoms with E-state index < -0.39 is 30.5 Å². The second kappa shape index (κ2) is 11.2. The summed E-state index contributed by atoms with van der Waals surface area (Å²) < 4.78 is 45.0. The summed E-state index contributed by atoms with van der Waals surface area (Å²) >= 11 is 0. The van der Waals surface area contributed by atoms with Crippen molar-refractivity contribution in [3.05, 3.63) is 53.9 Å². The molecule has 0 unspecified atom stereocenters. The summed E-state index contributed by atoms with van der Waals surface area (Å²) in [6, 6.07) is 7.32. The van der Waals surface area contributed by atoms with Crippen molar-refractivity contribution < 1.29 is 32.9 Å². The first-order valence-corrected chi connectivity index (χ1v) is 11.8. The highest BCUT2D eigenvalue weighted by molar-refractivity contribution is 5.98. The molecule has 4 rings (SSSR count). The smallest absolute Gasteiger partial charge is 0.416 e. The highest BCUT2D eigenvalue weighted by Gasteiger charge is 2.40. The number of allylic oxidation sites excluding steroid dienone is 1. The van der Waals surface area contributed by atoms with Crippen LogP contribution in [0.5, 0.6) is 0 Å². The number of aliphatic hydroxyl groups is 2.